The number of ether oxygens (including phenoxy) is 1. The molecule has 2 nitrogen and oxygen atoms in total. The summed E-state index contributed by atoms with van der Waals surface area (Å²) in [6.45, 7) is -0.677. The van der Waals surface area contributed by atoms with Crippen molar-refractivity contribution < 1.29 is 13.5 Å². The van der Waals surface area contributed by atoms with Crippen LogP contribution in [-0.4, -0.2) is 12.3 Å². The van der Waals surface area contributed by atoms with Crippen LogP contribution in [0, 0.1) is 0 Å². The van der Waals surface area contributed by atoms with Crippen LogP contribution in [0.5, 0.6) is 5.75 Å². The fourth-order valence-corrected chi connectivity index (χ4v) is 2.23. The van der Waals surface area contributed by atoms with Crippen molar-refractivity contribution in [2.75, 3.05) is 0 Å². The molecule has 0 aromatic heterocycles. The van der Waals surface area contributed by atoms with Gasteiger partial charge in [0.2, 0.25) is 0 Å². The zero-order valence-corrected chi connectivity index (χ0v) is 11.6. The molecule has 0 saturated carbocycles. The summed E-state index contributed by atoms with van der Waals surface area (Å²) in [4.78, 5) is 4.70. The summed E-state index contributed by atoms with van der Waals surface area (Å²) in [7, 11) is 0. The molecule has 0 bridgehead atoms. The van der Waals surface area contributed by atoms with Crippen LogP contribution in [0.2, 0.25) is 0 Å². The minimum Gasteiger partial charge on any atom is -0.435 e. The van der Waals surface area contributed by atoms with E-state index in [1.54, 1.807) is 24.3 Å². The predicted molar refractivity (Wildman–Crippen MR) is 77.2 cm³/mol. The van der Waals surface area contributed by atoms with Crippen molar-refractivity contribution in [3.05, 3.63) is 35.9 Å². The second kappa shape index (κ2) is 7.17. The SMILES string of the molecule is CCC1=N/C(c2ccc(OC(F)F)cc2)=C\CCCC1. The minimum absolute atomic E-state index is 0.176. The molecule has 0 unspecified atom stereocenters. The molecule has 1 heterocycles. The molecule has 2 rings (SSSR count). The number of hydrogen-bond donors (Lipinski definition) is 0. The first-order valence-electron chi connectivity index (χ1n) is 7.01. The molecule has 0 saturated heterocycles. The van der Waals surface area contributed by atoms with Gasteiger partial charge in [-0.25, -0.2) is 0 Å². The minimum atomic E-state index is -2.79. The maximum absolute atomic E-state index is 12.1. The maximum atomic E-state index is 12.1. The third-order valence-corrected chi connectivity index (χ3v) is 3.32. The molecule has 0 radical (unpaired) electrons. The van der Waals surface area contributed by atoms with Crippen LogP contribution in [0.4, 0.5) is 8.78 Å². The van der Waals surface area contributed by atoms with Crippen molar-refractivity contribution in [3.8, 4) is 5.75 Å². The van der Waals surface area contributed by atoms with E-state index in [0.717, 1.165) is 36.9 Å². The Labute approximate surface area is 118 Å². The summed E-state index contributed by atoms with van der Waals surface area (Å²) in [5.74, 6) is 0.176. The van der Waals surface area contributed by atoms with Gasteiger partial charge >= 0.3 is 6.61 Å². The van der Waals surface area contributed by atoms with E-state index in [9.17, 15) is 8.78 Å². The lowest BCUT2D eigenvalue weighted by atomic mass is 10.0. The summed E-state index contributed by atoms with van der Waals surface area (Å²) >= 11 is 0. The number of halogens is 2. The van der Waals surface area contributed by atoms with E-state index in [2.05, 4.69) is 17.7 Å². The molecule has 1 aliphatic heterocycles. The molecule has 0 amide bonds. The first-order valence-corrected chi connectivity index (χ1v) is 7.01. The molecule has 0 N–H and O–H groups in total. The lowest BCUT2D eigenvalue weighted by Crippen LogP contribution is -2.02. The van der Waals surface area contributed by atoms with Gasteiger partial charge in [0, 0.05) is 11.3 Å². The molecule has 20 heavy (non-hydrogen) atoms. The van der Waals surface area contributed by atoms with Crippen molar-refractivity contribution in [1.29, 1.82) is 0 Å². The highest BCUT2D eigenvalue weighted by Crippen LogP contribution is 2.24. The van der Waals surface area contributed by atoms with Crippen molar-refractivity contribution in [3.63, 3.8) is 0 Å². The topological polar surface area (TPSA) is 21.6 Å². The second-order valence-corrected chi connectivity index (χ2v) is 4.77. The number of hydrogen-bond acceptors (Lipinski definition) is 2. The lowest BCUT2D eigenvalue weighted by molar-refractivity contribution is -0.0498. The van der Waals surface area contributed by atoms with E-state index in [-0.39, 0.29) is 5.75 Å². The van der Waals surface area contributed by atoms with Crippen molar-refractivity contribution in [2.45, 2.75) is 45.6 Å². The monoisotopic (exact) mass is 279 g/mol. The molecule has 1 aliphatic rings. The fraction of sp³-hybridized carbons (Fsp3) is 0.438. The quantitative estimate of drug-likeness (QED) is 0.755. The number of aliphatic imine (C=N–C) groups is 1. The summed E-state index contributed by atoms with van der Waals surface area (Å²) in [5.41, 5.74) is 3.08. The summed E-state index contributed by atoms with van der Waals surface area (Å²) in [5, 5.41) is 0. The van der Waals surface area contributed by atoms with E-state index in [1.165, 1.54) is 12.1 Å². The van der Waals surface area contributed by atoms with E-state index in [0.29, 0.717) is 0 Å². The third kappa shape index (κ3) is 4.15. The maximum Gasteiger partial charge on any atom is 0.387 e. The number of rotatable bonds is 4. The van der Waals surface area contributed by atoms with E-state index in [4.69, 9.17) is 4.99 Å². The van der Waals surface area contributed by atoms with Gasteiger partial charge in [0.05, 0.1) is 5.70 Å². The number of alkyl halides is 2. The molecular formula is C16H19F2NO. The van der Waals surface area contributed by atoms with Gasteiger partial charge in [-0.15, -0.1) is 0 Å². The van der Waals surface area contributed by atoms with Crippen LogP contribution in [0.3, 0.4) is 0 Å². The van der Waals surface area contributed by atoms with Gasteiger partial charge in [0.25, 0.3) is 0 Å². The Hall–Kier alpha value is -1.71. The molecule has 1 aromatic carbocycles. The van der Waals surface area contributed by atoms with E-state index in [1.807, 2.05) is 0 Å². The van der Waals surface area contributed by atoms with Crippen LogP contribution >= 0.6 is 0 Å². The van der Waals surface area contributed by atoms with E-state index >= 15 is 0 Å². The largest absolute Gasteiger partial charge is 0.435 e. The van der Waals surface area contributed by atoms with Gasteiger partial charge < -0.3 is 4.74 Å². The molecule has 4 heteroatoms. The van der Waals surface area contributed by atoms with Crippen LogP contribution in [0.1, 0.15) is 44.6 Å². The van der Waals surface area contributed by atoms with Gasteiger partial charge in [-0.2, -0.15) is 8.78 Å². The molecule has 108 valence electrons. The Morgan fingerprint density at radius 2 is 1.95 bits per heavy atom. The lowest BCUT2D eigenvalue weighted by Gasteiger charge is -2.11. The van der Waals surface area contributed by atoms with Gasteiger partial charge in [-0.05, 0) is 56.4 Å². The summed E-state index contributed by atoms with van der Waals surface area (Å²) in [6, 6.07) is 6.67. The predicted octanol–water partition coefficient (Wildman–Crippen LogP) is 5.05. The molecule has 0 fully saturated rings. The zero-order valence-electron chi connectivity index (χ0n) is 11.6. The Bertz CT molecular complexity index is 492. The Morgan fingerprint density at radius 3 is 2.60 bits per heavy atom. The number of allylic oxidation sites excluding steroid dienone is 1. The van der Waals surface area contributed by atoms with Crippen LogP contribution in [0.15, 0.2) is 35.3 Å². The average Bonchev–Trinajstić information content (AvgIpc) is 2.39. The first kappa shape index (κ1) is 14.7. The molecule has 0 aliphatic carbocycles. The van der Waals surface area contributed by atoms with Gasteiger partial charge in [-0.1, -0.05) is 13.0 Å². The summed E-state index contributed by atoms with van der Waals surface area (Å²) in [6.07, 6.45) is 7.46. The van der Waals surface area contributed by atoms with Crippen LogP contribution in [-0.2, 0) is 0 Å². The van der Waals surface area contributed by atoms with Crippen molar-refractivity contribution in [2.24, 2.45) is 4.99 Å². The van der Waals surface area contributed by atoms with Gasteiger partial charge in [0.1, 0.15) is 5.75 Å². The fourth-order valence-electron chi connectivity index (χ4n) is 2.23. The molecular weight excluding hydrogens is 260 g/mol. The highest BCUT2D eigenvalue weighted by atomic mass is 19.3. The molecule has 1 aromatic rings. The normalized spacial score (nSPS) is 18.8. The second-order valence-electron chi connectivity index (χ2n) is 4.77. The molecule has 0 atom stereocenters. The van der Waals surface area contributed by atoms with Crippen molar-refractivity contribution in [1.82, 2.24) is 0 Å². The third-order valence-electron chi connectivity index (χ3n) is 3.32. The Balaban J connectivity index is 2.20. The Morgan fingerprint density at radius 1 is 1.20 bits per heavy atom. The number of benzene rings is 1. The Kier molecular flexibility index (Phi) is 5.27. The van der Waals surface area contributed by atoms with Gasteiger partial charge in [-0.3, -0.25) is 4.99 Å². The smallest absolute Gasteiger partial charge is 0.387 e. The van der Waals surface area contributed by atoms with Gasteiger partial charge in [0.15, 0.2) is 0 Å². The average molecular weight is 279 g/mol. The highest BCUT2D eigenvalue weighted by molar-refractivity contribution is 5.89. The van der Waals surface area contributed by atoms with E-state index < -0.39 is 6.61 Å². The first-order chi connectivity index (χ1) is 9.69. The molecule has 0 spiro atoms. The zero-order chi connectivity index (χ0) is 14.4. The highest BCUT2D eigenvalue weighted by Gasteiger charge is 2.08. The van der Waals surface area contributed by atoms with Crippen LogP contribution < -0.4 is 4.74 Å². The summed E-state index contributed by atoms with van der Waals surface area (Å²) < 4.78 is 28.6. The standard InChI is InChI=1S/C16H19F2NO/c1-2-13-6-4-3-5-7-15(19-13)12-8-10-14(11-9-12)20-16(17)18/h7-11,16H,2-6H2,1H3/b15-7-,19-13?. The number of nitrogens with zero attached hydrogens (tertiary/aromatic N) is 1. The van der Waals surface area contributed by atoms with Crippen molar-refractivity contribution >= 4 is 11.4 Å². The van der Waals surface area contributed by atoms with Crippen LogP contribution in [0.25, 0.3) is 5.70 Å².